The summed E-state index contributed by atoms with van der Waals surface area (Å²) in [4.78, 5) is 21.4. The minimum Gasteiger partial charge on any atom is -0.383 e. The van der Waals surface area contributed by atoms with Crippen molar-refractivity contribution >= 4 is 33.5 Å². The molecule has 1 amide bonds. The van der Waals surface area contributed by atoms with Crippen LogP contribution in [0, 0.1) is 17.2 Å². The van der Waals surface area contributed by atoms with Crippen LogP contribution in [0.15, 0.2) is 24.3 Å². The highest BCUT2D eigenvalue weighted by molar-refractivity contribution is 8.24. The van der Waals surface area contributed by atoms with Crippen molar-refractivity contribution in [1.29, 1.82) is 5.26 Å². The van der Waals surface area contributed by atoms with Gasteiger partial charge in [-0.15, -0.1) is 11.3 Å². The number of hydrogen-bond acceptors (Lipinski definition) is 8. The number of benzene rings is 1. The lowest BCUT2D eigenvalue weighted by atomic mass is 9.76. The van der Waals surface area contributed by atoms with Gasteiger partial charge in [0.2, 0.25) is 5.91 Å². The zero-order valence-electron chi connectivity index (χ0n) is 21.4. The predicted molar refractivity (Wildman–Crippen MR) is 148 cm³/mol. The number of aliphatic hydroxyl groups is 1. The number of nitrogens with zero attached hydrogens (tertiary/aromatic N) is 3. The third-order valence-corrected chi connectivity index (χ3v) is 10.9. The van der Waals surface area contributed by atoms with Gasteiger partial charge in [-0.1, -0.05) is 25.0 Å². The first-order valence-corrected chi connectivity index (χ1v) is 15.8. The van der Waals surface area contributed by atoms with Crippen molar-refractivity contribution < 1.29 is 19.0 Å². The largest absolute Gasteiger partial charge is 0.383 e. The van der Waals surface area contributed by atoms with Crippen molar-refractivity contribution in [2.24, 2.45) is 5.92 Å². The first kappa shape index (κ1) is 26.4. The van der Waals surface area contributed by atoms with Crippen molar-refractivity contribution in [3.05, 3.63) is 35.0 Å². The molecule has 1 aromatic heterocycles. The molecule has 1 aliphatic heterocycles. The maximum absolute atomic E-state index is 13.3. The molecule has 1 saturated heterocycles. The maximum atomic E-state index is 13.3. The number of nitriles is 1. The number of carbonyl (C=O) groups excluding carboxylic acids is 1. The third-order valence-electron chi connectivity index (χ3n) is 7.83. The Morgan fingerprint density at radius 3 is 2.43 bits per heavy atom. The summed E-state index contributed by atoms with van der Waals surface area (Å²) in [6.45, 7) is 4.69. The molecule has 3 fully saturated rings. The van der Waals surface area contributed by atoms with Crippen molar-refractivity contribution in [2.75, 3.05) is 29.5 Å². The van der Waals surface area contributed by atoms with Gasteiger partial charge in [0.15, 0.2) is 0 Å². The lowest BCUT2D eigenvalue weighted by Crippen LogP contribution is -2.42. The van der Waals surface area contributed by atoms with E-state index in [-0.39, 0.29) is 17.7 Å². The van der Waals surface area contributed by atoms with E-state index in [4.69, 9.17) is 4.98 Å². The van der Waals surface area contributed by atoms with E-state index < -0.39 is 21.7 Å². The molecule has 2 aliphatic carbocycles. The highest BCUT2D eigenvalue weighted by Gasteiger charge is 2.47. The molecule has 0 radical (unpaired) electrons. The van der Waals surface area contributed by atoms with Gasteiger partial charge < -0.3 is 15.3 Å². The summed E-state index contributed by atoms with van der Waals surface area (Å²) in [5.74, 6) is 0.404. The van der Waals surface area contributed by atoms with E-state index in [1.54, 1.807) is 13.8 Å². The van der Waals surface area contributed by atoms with Gasteiger partial charge in [0.25, 0.3) is 0 Å². The van der Waals surface area contributed by atoms with E-state index in [1.807, 2.05) is 0 Å². The van der Waals surface area contributed by atoms with Gasteiger partial charge in [0.05, 0.1) is 28.1 Å². The lowest BCUT2D eigenvalue weighted by Gasteiger charge is -2.41. The highest BCUT2D eigenvalue weighted by Crippen LogP contribution is 2.47. The molecule has 1 aromatic carbocycles. The smallest absolute Gasteiger partial charge is 0.225 e. The molecule has 2 heterocycles. The van der Waals surface area contributed by atoms with Gasteiger partial charge in [-0.05, 0) is 57.2 Å². The Hall–Kier alpha value is -2.16. The van der Waals surface area contributed by atoms with Gasteiger partial charge in [-0.3, -0.25) is 13.9 Å². The Kier molecular flexibility index (Phi) is 7.05. The number of nitrogens with one attached hydrogen (secondary N) is 1. The van der Waals surface area contributed by atoms with E-state index in [2.05, 4.69) is 40.6 Å². The molecule has 10 heteroatoms. The Morgan fingerprint density at radius 2 is 1.84 bits per heavy atom. The van der Waals surface area contributed by atoms with Crippen LogP contribution in [0.2, 0.25) is 0 Å². The van der Waals surface area contributed by atoms with Crippen LogP contribution in [-0.4, -0.2) is 55.2 Å². The number of hydrogen-bond donors (Lipinski definition) is 4. The Morgan fingerprint density at radius 1 is 1.19 bits per heavy atom. The quantitative estimate of drug-likeness (QED) is 0.400. The second kappa shape index (κ2) is 9.86. The number of anilines is 1. The molecule has 5 rings (SSSR count). The number of carbonyl (C=O) groups is 1. The summed E-state index contributed by atoms with van der Waals surface area (Å²) < 4.78 is 19.9. The van der Waals surface area contributed by atoms with Crippen molar-refractivity contribution in [2.45, 2.75) is 69.4 Å². The summed E-state index contributed by atoms with van der Waals surface area (Å²) in [6, 6.07) is 10.5. The van der Waals surface area contributed by atoms with Crippen molar-refractivity contribution in [1.82, 2.24) is 10.3 Å². The molecule has 2 aromatic rings. The van der Waals surface area contributed by atoms with Gasteiger partial charge in [-0.2, -0.15) is 15.9 Å². The molecule has 0 unspecified atom stereocenters. The number of aromatic nitrogens is 1. The second-order valence-corrected chi connectivity index (χ2v) is 14.6. The van der Waals surface area contributed by atoms with Gasteiger partial charge in [0.1, 0.15) is 16.1 Å². The molecule has 2 atom stereocenters. The molecular weight excluding hydrogens is 508 g/mol. The maximum Gasteiger partial charge on any atom is 0.225 e. The molecule has 2 saturated carbocycles. The normalized spacial score (nSPS) is 25.7. The van der Waals surface area contributed by atoms with Gasteiger partial charge >= 0.3 is 0 Å². The number of amides is 1. The topological polar surface area (TPSA) is 130 Å². The van der Waals surface area contributed by atoms with Crippen molar-refractivity contribution in [3.8, 4) is 16.5 Å². The fraction of sp³-hybridized carbons (Fsp3) is 0.593. The van der Waals surface area contributed by atoms with Gasteiger partial charge in [-0.25, -0.2) is 4.98 Å². The highest BCUT2D eigenvalue weighted by atomic mass is 32.3. The molecule has 37 heavy (non-hydrogen) atoms. The van der Waals surface area contributed by atoms with Crippen molar-refractivity contribution in [3.63, 3.8) is 0 Å². The van der Waals surface area contributed by atoms with Crippen LogP contribution in [0.4, 0.5) is 5.69 Å². The van der Waals surface area contributed by atoms with E-state index in [0.717, 1.165) is 47.5 Å². The second-order valence-electron chi connectivity index (χ2n) is 11.2. The molecular formula is C27H36N4O4S2. The van der Waals surface area contributed by atoms with Gasteiger partial charge in [0, 0.05) is 30.6 Å². The lowest BCUT2D eigenvalue weighted by molar-refractivity contribution is -0.127. The van der Waals surface area contributed by atoms with Crippen LogP contribution >= 0.6 is 21.9 Å². The third kappa shape index (κ3) is 5.66. The first-order chi connectivity index (χ1) is 17.5. The first-order valence-electron chi connectivity index (χ1n) is 13.1. The Bertz CT molecular complexity index is 1180. The molecule has 0 spiro atoms. The van der Waals surface area contributed by atoms with Crippen LogP contribution < -0.4 is 10.2 Å². The minimum atomic E-state index is -2.45. The van der Waals surface area contributed by atoms with Crippen LogP contribution in [0.5, 0.6) is 0 Å². The van der Waals surface area contributed by atoms with E-state index in [0.29, 0.717) is 42.4 Å². The summed E-state index contributed by atoms with van der Waals surface area (Å²) in [5.41, 5.74) is 1.10. The monoisotopic (exact) mass is 544 g/mol. The van der Waals surface area contributed by atoms with E-state index in [9.17, 15) is 24.3 Å². The average Bonchev–Trinajstić information content (AvgIpc) is 3.49. The van der Waals surface area contributed by atoms with E-state index in [1.165, 1.54) is 11.3 Å². The number of thiazole rings is 1. The fourth-order valence-electron chi connectivity index (χ4n) is 5.35. The minimum absolute atomic E-state index is 0.0565. The standard InChI is InChI=1S/C27H36N4O4S2/c1-26(2,33)25-29-22(20-5-3-4-6-21(20)24(32)30-27(17-28)11-12-27)23(36-25)18-7-9-19(10-8-18)31-13-15-37(34,35)16-14-31/h7-10,20-21,33-35H,3-6,11-16H2,1-2H3,(H,30,32)/t20-,21-/m1/s1. The zero-order chi connectivity index (χ0) is 26.4. The summed E-state index contributed by atoms with van der Waals surface area (Å²) in [6.07, 6.45) is 5.01. The molecule has 0 bridgehead atoms. The summed E-state index contributed by atoms with van der Waals surface area (Å²) in [7, 11) is -2.45. The summed E-state index contributed by atoms with van der Waals surface area (Å²) in [5, 5.41) is 23.9. The number of rotatable bonds is 6. The molecule has 4 N–H and O–H groups in total. The van der Waals surface area contributed by atoms with E-state index >= 15 is 0 Å². The molecule has 8 nitrogen and oxygen atoms in total. The average molecular weight is 545 g/mol. The predicted octanol–water partition coefficient (Wildman–Crippen LogP) is 5.05. The van der Waals surface area contributed by atoms with Crippen LogP contribution in [0.25, 0.3) is 10.4 Å². The Balaban J connectivity index is 1.45. The summed E-state index contributed by atoms with van der Waals surface area (Å²) >= 11 is 1.48. The van der Waals surface area contributed by atoms with Crippen LogP contribution in [0.3, 0.4) is 0 Å². The van der Waals surface area contributed by atoms with Crippen LogP contribution in [-0.2, 0) is 10.4 Å². The Labute approximate surface area is 224 Å². The zero-order valence-corrected chi connectivity index (χ0v) is 23.1. The fourth-order valence-corrected chi connectivity index (χ4v) is 7.72. The van der Waals surface area contributed by atoms with Crippen LogP contribution in [0.1, 0.15) is 69.0 Å². The molecule has 200 valence electrons. The SMILES string of the molecule is CC(C)(O)c1nc([C@@H]2CCCC[C@H]2C(=O)NC2(C#N)CC2)c(-c2ccc(N3CCS(O)(O)CC3)cc2)s1. The molecule has 3 aliphatic rings.